The van der Waals surface area contributed by atoms with Crippen molar-refractivity contribution in [2.75, 3.05) is 13.1 Å². The van der Waals surface area contributed by atoms with E-state index < -0.39 is 69.8 Å². The number of aromatic hydroxyl groups is 1. The van der Waals surface area contributed by atoms with Crippen molar-refractivity contribution >= 4 is 11.8 Å². The molecule has 2 amide bonds. The van der Waals surface area contributed by atoms with Gasteiger partial charge in [-0.15, -0.1) is 0 Å². The average Bonchev–Trinajstić information content (AvgIpc) is 3.09. The van der Waals surface area contributed by atoms with Crippen LogP contribution in [0.4, 0.5) is 13.2 Å². The van der Waals surface area contributed by atoms with Gasteiger partial charge in [-0.2, -0.15) is 5.48 Å². The first-order chi connectivity index (χ1) is 18.0. The summed E-state index contributed by atoms with van der Waals surface area (Å²) in [6.45, 7) is 4.14. The predicted octanol–water partition coefficient (Wildman–Crippen LogP) is 2.91. The standard InChI is InChI=1S/C26H29F3N4O5/c1-3-5-25(2)13-26(38-31-25)6-4-7-32-12-19(26)33-11-16(21(34)22(35)20(33)24(32)37)23(36)30-10-15-17(28)8-14(27)9-18(15)29/h8-9,11,19,31,35H,3-7,10,12-13H2,1-2H3,(H,30,36)/t19-,25?,26+/m1/s1. The number of halogens is 3. The van der Waals surface area contributed by atoms with Crippen LogP contribution in [0, 0.1) is 17.5 Å². The van der Waals surface area contributed by atoms with Crippen LogP contribution in [0.5, 0.6) is 5.75 Å². The van der Waals surface area contributed by atoms with E-state index in [-0.39, 0.29) is 17.8 Å². The maximum Gasteiger partial charge on any atom is 0.274 e. The minimum Gasteiger partial charge on any atom is -0.503 e. The molecule has 1 aromatic heterocycles. The van der Waals surface area contributed by atoms with Gasteiger partial charge in [-0.25, -0.2) is 13.2 Å². The first-order valence-corrected chi connectivity index (χ1v) is 12.6. The molecule has 38 heavy (non-hydrogen) atoms. The normalized spacial score (nSPS) is 26.4. The number of rotatable bonds is 5. The highest BCUT2D eigenvalue weighted by Gasteiger charge is 2.55. The largest absolute Gasteiger partial charge is 0.503 e. The van der Waals surface area contributed by atoms with E-state index in [1.165, 1.54) is 10.8 Å². The van der Waals surface area contributed by atoms with Crippen LogP contribution in [0.2, 0.25) is 0 Å². The highest BCUT2D eigenvalue weighted by molar-refractivity contribution is 5.99. The topological polar surface area (TPSA) is 113 Å². The molecule has 4 heterocycles. The number of amides is 2. The number of nitrogens with one attached hydrogen (secondary N) is 2. The molecule has 2 fully saturated rings. The summed E-state index contributed by atoms with van der Waals surface area (Å²) in [6, 6.07) is 0.443. The Bertz CT molecular complexity index is 1360. The second-order valence-corrected chi connectivity index (χ2v) is 10.6. The number of benzene rings is 1. The quantitative estimate of drug-likeness (QED) is 0.544. The summed E-state index contributed by atoms with van der Waals surface area (Å²) in [5.74, 6) is -5.92. The number of hydrogen-bond acceptors (Lipinski definition) is 6. The van der Waals surface area contributed by atoms with Crippen molar-refractivity contribution in [2.24, 2.45) is 0 Å². The number of pyridine rings is 1. The highest BCUT2D eigenvalue weighted by Crippen LogP contribution is 2.48. The van der Waals surface area contributed by atoms with Crippen molar-refractivity contribution in [2.45, 2.75) is 69.7 Å². The second kappa shape index (κ2) is 9.42. The van der Waals surface area contributed by atoms with Crippen molar-refractivity contribution in [3.63, 3.8) is 0 Å². The third kappa shape index (κ3) is 4.25. The Hall–Kier alpha value is -3.38. The Balaban J connectivity index is 1.53. The van der Waals surface area contributed by atoms with Crippen LogP contribution in [0.15, 0.2) is 23.1 Å². The fraction of sp³-hybridized carbons (Fsp3) is 0.500. The summed E-state index contributed by atoms with van der Waals surface area (Å²) >= 11 is 0. The Labute approximate surface area is 216 Å². The minimum absolute atomic E-state index is 0.229. The summed E-state index contributed by atoms with van der Waals surface area (Å²) in [5.41, 5.74) is -0.336. The first kappa shape index (κ1) is 26.2. The van der Waals surface area contributed by atoms with Crippen LogP contribution < -0.4 is 16.2 Å². The Morgan fingerprint density at radius 2 is 1.97 bits per heavy atom. The number of nitrogens with zero attached hydrogens (tertiary/aromatic N) is 2. The van der Waals surface area contributed by atoms with Crippen LogP contribution in [-0.4, -0.2) is 50.6 Å². The molecule has 2 saturated heterocycles. The average molecular weight is 535 g/mol. The maximum absolute atomic E-state index is 14.0. The second-order valence-electron chi connectivity index (χ2n) is 10.6. The summed E-state index contributed by atoms with van der Waals surface area (Å²) in [4.78, 5) is 47.0. The highest BCUT2D eigenvalue weighted by atomic mass is 19.1. The molecule has 0 radical (unpaired) electrons. The van der Waals surface area contributed by atoms with Gasteiger partial charge in [0, 0.05) is 55.5 Å². The third-order valence-electron chi connectivity index (χ3n) is 7.83. The summed E-state index contributed by atoms with van der Waals surface area (Å²) in [6.07, 6.45) is 4.82. The molecule has 2 aromatic rings. The maximum atomic E-state index is 14.0. The lowest BCUT2D eigenvalue weighted by molar-refractivity contribution is -0.0966. The van der Waals surface area contributed by atoms with E-state index in [0.717, 1.165) is 12.8 Å². The molecule has 12 heteroatoms. The number of aromatic nitrogens is 1. The summed E-state index contributed by atoms with van der Waals surface area (Å²) in [7, 11) is 0. The number of fused-ring (bicyclic) bond motifs is 5. The smallest absolute Gasteiger partial charge is 0.274 e. The zero-order valence-electron chi connectivity index (χ0n) is 21.1. The molecule has 3 aliphatic rings. The van der Waals surface area contributed by atoms with Gasteiger partial charge in [-0.1, -0.05) is 13.3 Å². The monoisotopic (exact) mass is 534 g/mol. The zero-order chi connectivity index (χ0) is 27.4. The van der Waals surface area contributed by atoms with Crippen molar-refractivity contribution in [3.8, 4) is 5.75 Å². The summed E-state index contributed by atoms with van der Waals surface area (Å²) < 4.78 is 42.7. The van der Waals surface area contributed by atoms with E-state index in [1.54, 1.807) is 4.90 Å². The molecule has 0 saturated carbocycles. The van der Waals surface area contributed by atoms with E-state index in [1.807, 2.05) is 0 Å². The number of hydroxylamine groups is 1. The van der Waals surface area contributed by atoms with E-state index in [2.05, 4.69) is 24.6 Å². The molecule has 3 aliphatic heterocycles. The van der Waals surface area contributed by atoms with Crippen LogP contribution in [0.25, 0.3) is 0 Å². The Kier molecular flexibility index (Phi) is 6.50. The molecular formula is C26H29F3N4O5. The van der Waals surface area contributed by atoms with Crippen LogP contribution in [0.3, 0.4) is 0 Å². The molecule has 9 nitrogen and oxygen atoms in total. The Morgan fingerprint density at radius 1 is 1.26 bits per heavy atom. The molecule has 5 rings (SSSR count). The molecule has 1 unspecified atom stereocenters. The SMILES string of the molecule is CCCC1(C)C[C@]2(CCCN3C[C@H]2n2cc(C(=O)NCc4c(F)cc(F)cc4F)c(=O)c(O)c2C3=O)ON1. The van der Waals surface area contributed by atoms with Crippen molar-refractivity contribution in [1.29, 1.82) is 0 Å². The minimum atomic E-state index is -1.19. The van der Waals surface area contributed by atoms with Gasteiger partial charge in [0.15, 0.2) is 11.4 Å². The van der Waals surface area contributed by atoms with Crippen molar-refractivity contribution < 1.29 is 32.7 Å². The van der Waals surface area contributed by atoms with E-state index >= 15 is 0 Å². The lowest BCUT2D eigenvalue weighted by Gasteiger charge is -2.41. The summed E-state index contributed by atoms with van der Waals surface area (Å²) in [5, 5.41) is 13.1. The number of carbonyl (C=O) groups excluding carboxylic acids is 2. The first-order valence-electron chi connectivity index (χ1n) is 12.6. The predicted molar refractivity (Wildman–Crippen MR) is 129 cm³/mol. The molecule has 0 aliphatic carbocycles. The van der Waals surface area contributed by atoms with Crippen LogP contribution >= 0.6 is 0 Å². The van der Waals surface area contributed by atoms with Gasteiger partial charge in [0.1, 0.15) is 28.6 Å². The molecule has 1 spiro atoms. The van der Waals surface area contributed by atoms with Crippen LogP contribution in [-0.2, 0) is 11.4 Å². The third-order valence-corrected chi connectivity index (χ3v) is 7.83. The molecule has 3 atom stereocenters. The van der Waals surface area contributed by atoms with Gasteiger partial charge in [0.2, 0.25) is 5.43 Å². The van der Waals surface area contributed by atoms with Gasteiger partial charge >= 0.3 is 0 Å². The number of carbonyl (C=O) groups is 2. The van der Waals surface area contributed by atoms with Gasteiger partial charge in [-0.05, 0) is 26.2 Å². The Morgan fingerprint density at radius 3 is 2.66 bits per heavy atom. The van der Waals surface area contributed by atoms with E-state index in [9.17, 15) is 32.7 Å². The fourth-order valence-corrected chi connectivity index (χ4v) is 6.10. The van der Waals surface area contributed by atoms with E-state index in [4.69, 9.17) is 4.84 Å². The lowest BCUT2D eigenvalue weighted by Crippen LogP contribution is -2.51. The van der Waals surface area contributed by atoms with Crippen molar-refractivity contribution in [1.82, 2.24) is 20.3 Å². The molecular weight excluding hydrogens is 505 g/mol. The molecule has 2 bridgehead atoms. The van der Waals surface area contributed by atoms with E-state index in [0.29, 0.717) is 37.9 Å². The van der Waals surface area contributed by atoms with Gasteiger partial charge in [-0.3, -0.25) is 19.2 Å². The van der Waals surface area contributed by atoms with Crippen LogP contribution in [0.1, 0.15) is 78.4 Å². The van der Waals surface area contributed by atoms with Crippen molar-refractivity contribution in [3.05, 3.63) is 62.8 Å². The zero-order valence-corrected chi connectivity index (χ0v) is 21.1. The molecule has 204 valence electrons. The van der Waals surface area contributed by atoms with Gasteiger partial charge in [0.05, 0.1) is 6.04 Å². The number of hydrogen-bond donors (Lipinski definition) is 3. The van der Waals surface area contributed by atoms with Gasteiger partial charge in [0.25, 0.3) is 11.8 Å². The lowest BCUT2D eigenvalue weighted by atomic mass is 9.78. The molecule has 1 aromatic carbocycles. The van der Waals surface area contributed by atoms with Gasteiger partial charge < -0.3 is 19.9 Å². The fourth-order valence-electron chi connectivity index (χ4n) is 6.10. The molecule has 3 N–H and O–H groups in total.